The number of aromatic nitrogens is 2. The van der Waals surface area contributed by atoms with E-state index < -0.39 is 35.1 Å². The molecule has 4 aromatic carbocycles. The first kappa shape index (κ1) is 30.5. The van der Waals surface area contributed by atoms with Crippen LogP contribution in [0.25, 0.3) is 11.0 Å². The lowest BCUT2D eigenvalue weighted by atomic mass is 10.1. The van der Waals surface area contributed by atoms with Crippen molar-refractivity contribution in [1.82, 2.24) is 9.55 Å². The van der Waals surface area contributed by atoms with Crippen molar-refractivity contribution >= 4 is 22.6 Å². The van der Waals surface area contributed by atoms with Gasteiger partial charge in [-0.05, 0) is 85.0 Å². The summed E-state index contributed by atoms with van der Waals surface area (Å²) in [5.74, 6) is -2.81. The second kappa shape index (κ2) is 13.2. The highest BCUT2D eigenvalue weighted by Crippen LogP contribution is 2.33. The van der Waals surface area contributed by atoms with Crippen LogP contribution in [0.15, 0.2) is 84.9 Å². The van der Waals surface area contributed by atoms with Gasteiger partial charge in [0.1, 0.15) is 28.7 Å². The molecule has 5 rings (SSSR count). The first-order chi connectivity index (χ1) is 21.1. The lowest BCUT2D eigenvalue weighted by Crippen LogP contribution is -2.16. The standard InChI is InChI=1S/C33H28F5N3O3/c1-43-24-12-7-21(8-13-24)4-3-19-44-25-14-9-22(10-15-25)17-18-41-29-16-11-23(20-28(29)40-32(41)33(36,37)38)39-31(42)30-26(34)5-2-6-27(30)35/h2,5-16,20H,3-4,17-19H2,1H3,(H,39,42). The van der Waals surface area contributed by atoms with Crippen LogP contribution in [0.3, 0.4) is 0 Å². The Balaban J connectivity index is 1.22. The number of methoxy groups -OCH3 is 1. The number of anilines is 1. The van der Waals surface area contributed by atoms with Gasteiger partial charge in [-0.15, -0.1) is 0 Å². The topological polar surface area (TPSA) is 65.4 Å². The van der Waals surface area contributed by atoms with Crippen LogP contribution in [0.2, 0.25) is 0 Å². The summed E-state index contributed by atoms with van der Waals surface area (Å²) in [6.45, 7) is 0.499. The van der Waals surface area contributed by atoms with Gasteiger partial charge in [-0.2, -0.15) is 13.2 Å². The van der Waals surface area contributed by atoms with E-state index in [1.54, 1.807) is 31.4 Å². The van der Waals surface area contributed by atoms with Crippen molar-refractivity contribution in [3.8, 4) is 11.5 Å². The number of hydrogen-bond acceptors (Lipinski definition) is 4. The maximum Gasteiger partial charge on any atom is 0.449 e. The van der Waals surface area contributed by atoms with E-state index in [1.807, 2.05) is 24.3 Å². The molecule has 0 aliphatic carbocycles. The molecule has 5 aromatic rings. The quantitative estimate of drug-likeness (QED) is 0.122. The molecular formula is C33H28F5N3O3. The van der Waals surface area contributed by atoms with Crippen LogP contribution < -0.4 is 14.8 Å². The molecule has 1 aromatic heterocycles. The largest absolute Gasteiger partial charge is 0.497 e. The Morgan fingerprint density at radius 2 is 1.50 bits per heavy atom. The van der Waals surface area contributed by atoms with Crippen molar-refractivity contribution in [2.45, 2.75) is 32.0 Å². The number of carbonyl (C=O) groups excluding carboxylic acids is 1. The third kappa shape index (κ3) is 7.16. The van der Waals surface area contributed by atoms with Gasteiger partial charge in [0, 0.05) is 12.2 Å². The number of rotatable bonds is 11. The third-order valence-corrected chi connectivity index (χ3v) is 7.03. The summed E-state index contributed by atoms with van der Waals surface area (Å²) < 4.78 is 81.8. The molecule has 0 aliphatic heterocycles. The minimum absolute atomic E-state index is 0.0143. The van der Waals surface area contributed by atoms with E-state index in [4.69, 9.17) is 9.47 Å². The zero-order valence-corrected chi connectivity index (χ0v) is 23.6. The summed E-state index contributed by atoms with van der Waals surface area (Å²) in [5, 5.41) is 2.33. The van der Waals surface area contributed by atoms with E-state index in [2.05, 4.69) is 10.3 Å². The van der Waals surface area contributed by atoms with E-state index in [9.17, 15) is 26.7 Å². The summed E-state index contributed by atoms with van der Waals surface area (Å²) in [7, 11) is 1.62. The molecular weight excluding hydrogens is 581 g/mol. The predicted octanol–water partition coefficient (Wildman–Crippen LogP) is 7.85. The second-order valence-electron chi connectivity index (χ2n) is 10.0. The van der Waals surface area contributed by atoms with Crippen LogP contribution in [-0.4, -0.2) is 29.2 Å². The average Bonchev–Trinajstić information content (AvgIpc) is 3.37. The number of benzene rings is 4. The molecule has 1 heterocycles. The van der Waals surface area contributed by atoms with Crippen LogP contribution in [0.1, 0.15) is 33.7 Å². The Hall–Kier alpha value is -4.93. The lowest BCUT2D eigenvalue weighted by Gasteiger charge is -2.12. The summed E-state index contributed by atoms with van der Waals surface area (Å²) >= 11 is 0. The molecule has 0 bridgehead atoms. The van der Waals surface area contributed by atoms with Crippen LogP contribution in [0.4, 0.5) is 27.6 Å². The van der Waals surface area contributed by atoms with E-state index in [1.165, 1.54) is 23.8 Å². The Kier molecular flexibility index (Phi) is 9.12. The van der Waals surface area contributed by atoms with Crippen molar-refractivity contribution in [2.24, 2.45) is 0 Å². The molecule has 0 saturated heterocycles. The Bertz CT molecular complexity index is 1730. The van der Waals surface area contributed by atoms with Gasteiger partial charge < -0.3 is 19.4 Å². The SMILES string of the molecule is COc1ccc(CCCOc2ccc(CCn3c(C(F)(F)F)nc4cc(NC(=O)c5c(F)cccc5F)ccc43)cc2)cc1. The molecule has 0 radical (unpaired) electrons. The zero-order valence-electron chi connectivity index (χ0n) is 23.6. The monoisotopic (exact) mass is 609 g/mol. The lowest BCUT2D eigenvalue weighted by molar-refractivity contribution is -0.146. The van der Waals surface area contributed by atoms with Crippen LogP contribution in [-0.2, 0) is 25.6 Å². The fourth-order valence-corrected chi connectivity index (χ4v) is 4.81. The number of halogens is 5. The molecule has 0 spiro atoms. The Labute approximate surface area is 250 Å². The molecule has 11 heteroatoms. The highest BCUT2D eigenvalue weighted by molar-refractivity contribution is 6.05. The highest BCUT2D eigenvalue weighted by Gasteiger charge is 2.37. The molecule has 0 atom stereocenters. The highest BCUT2D eigenvalue weighted by atomic mass is 19.4. The molecule has 0 saturated carbocycles. The molecule has 1 N–H and O–H groups in total. The van der Waals surface area contributed by atoms with Crippen molar-refractivity contribution in [1.29, 1.82) is 0 Å². The number of imidazole rings is 1. The van der Waals surface area contributed by atoms with Crippen molar-refractivity contribution in [3.63, 3.8) is 0 Å². The Morgan fingerprint density at radius 1 is 0.864 bits per heavy atom. The second-order valence-corrected chi connectivity index (χ2v) is 10.0. The van der Waals surface area contributed by atoms with Gasteiger partial charge in [0.25, 0.3) is 5.91 Å². The first-order valence-corrected chi connectivity index (χ1v) is 13.8. The fraction of sp³-hybridized carbons (Fsp3) is 0.212. The van der Waals surface area contributed by atoms with Gasteiger partial charge in [-0.25, -0.2) is 13.8 Å². The third-order valence-electron chi connectivity index (χ3n) is 7.03. The number of ether oxygens (including phenoxy) is 2. The molecule has 44 heavy (non-hydrogen) atoms. The summed E-state index contributed by atoms with van der Waals surface area (Å²) in [6, 6.07) is 22.0. The molecule has 228 valence electrons. The van der Waals surface area contributed by atoms with Gasteiger partial charge in [0.05, 0.1) is 24.8 Å². The van der Waals surface area contributed by atoms with Crippen LogP contribution in [0.5, 0.6) is 11.5 Å². The van der Waals surface area contributed by atoms with E-state index in [0.29, 0.717) is 12.4 Å². The number of aryl methyl sites for hydroxylation is 3. The van der Waals surface area contributed by atoms with Gasteiger partial charge in [-0.1, -0.05) is 30.3 Å². The summed E-state index contributed by atoms with van der Waals surface area (Å²) in [4.78, 5) is 16.2. The van der Waals surface area contributed by atoms with Crippen molar-refractivity contribution < 1.29 is 36.2 Å². The molecule has 6 nitrogen and oxygen atoms in total. The normalized spacial score (nSPS) is 11.5. The number of fused-ring (bicyclic) bond motifs is 1. The van der Waals surface area contributed by atoms with E-state index in [-0.39, 0.29) is 29.7 Å². The number of hydrogen-bond donors (Lipinski definition) is 1. The molecule has 0 aliphatic rings. The maximum atomic E-state index is 14.0. The zero-order chi connectivity index (χ0) is 31.3. The number of nitrogens with zero attached hydrogens (tertiary/aromatic N) is 2. The number of nitrogens with one attached hydrogen (secondary N) is 1. The first-order valence-electron chi connectivity index (χ1n) is 13.8. The number of amides is 1. The van der Waals surface area contributed by atoms with Gasteiger partial charge >= 0.3 is 6.18 Å². The smallest absolute Gasteiger partial charge is 0.449 e. The molecule has 0 fully saturated rings. The van der Waals surface area contributed by atoms with Crippen molar-refractivity contribution in [2.75, 3.05) is 19.0 Å². The minimum Gasteiger partial charge on any atom is -0.497 e. The Morgan fingerprint density at radius 3 is 2.14 bits per heavy atom. The number of carbonyl (C=O) groups is 1. The summed E-state index contributed by atoms with van der Waals surface area (Å²) in [6.07, 6.45) is -2.78. The minimum atomic E-state index is -4.73. The average molecular weight is 610 g/mol. The predicted molar refractivity (Wildman–Crippen MR) is 156 cm³/mol. The van der Waals surface area contributed by atoms with E-state index >= 15 is 0 Å². The van der Waals surface area contributed by atoms with Crippen LogP contribution >= 0.6 is 0 Å². The van der Waals surface area contributed by atoms with E-state index in [0.717, 1.165) is 46.9 Å². The number of alkyl halides is 3. The van der Waals surface area contributed by atoms with Crippen molar-refractivity contribution in [3.05, 3.63) is 119 Å². The van der Waals surface area contributed by atoms with Gasteiger partial charge in [0.2, 0.25) is 5.82 Å². The van der Waals surface area contributed by atoms with Crippen LogP contribution in [0, 0.1) is 11.6 Å². The van der Waals surface area contributed by atoms with Gasteiger partial charge in [-0.3, -0.25) is 4.79 Å². The fourth-order valence-electron chi connectivity index (χ4n) is 4.81. The molecule has 1 amide bonds. The maximum absolute atomic E-state index is 14.0. The molecule has 0 unspecified atom stereocenters. The van der Waals surface area contributed by atoms with Gasteiger partial charge in [0.15, 0.2) is 0 Å². The summed E-state index contributed by atoms with van der Waals surface area (Å²) in [5.41, 5.74) is 1.41.